The molecule has 0 unspecified atom stereocenters. The highest BCUT2D eigenvalue weighted by molar-refractivity contribution is 5.01. The van der Waals surface area contributed by atoms with E-state index in [0.717, 1.165) is 23.8 Å². The molecule has 3 N–H and O–H groups in total. The molecular weight excluding hydrogens is 247 g/mol. The molecule has 0 amide bonds. The predicted molar refractivity (Wildman–Crippen MR) is 57.8 cm³/mol. The number of H-pyrrole nitrogens is 1. The molecule has 0 aliphatic carbocycles. The smallest absolute Gasteiger partial charge is 0.330 e. The summed E-state index contributed by atoms with van der Waals surface area (Å²) in [5.74, 6) is 0. The minimum absolute atomic E-state index is 0.574. The fraction of sp³-hybridized carbons (Fsp3) is 0.600. The van der Waals surface area contributed by atoms with E-state index in [1.165, 1.54) is 0 Å². The number of aliphatic hydroxyl groups is 2. The van der Waals surface area contributed by atoms with Crippen molar-refractivity contribution >= 4 is 0 Å². The van der Waals surface area contributed by atoms with Gasteiger partial charge in [0.25, 0.3) is 5.56 Å². The summed E-state index contributed by atoms with van der Waals surface area (Å²) >= 11 is 0. The van der Waals surface area contributed by atoms with Crippen molar-refractivity contribution < 1.29 is 19.3 Å². The Bertz CT molecular complexity index is 552. The molecule has 2 rings (SSSR count). The van der Waals surface area contributed by atoms with E-state index in [0.29, 0.717) is 0 Å². The van der Waals surface area contributed by atoms with Crippen LogP contribution in [0.15, 0.2) is 21.9 Å². The molecule has 1 aliphatic heterocycles. The fourth-order valence-electron chi connectivity index (χ4n) is 1.97. The molecule has 8 heteroatoms. The second kappa shape index (κ2) is 4.30. The Labute approximate surface area is 100 Å². The van der Waals surface area contributed by atoms with Gasteiger partial charge in [0.15, 0.2) is 11.9 Å². The van der Waals surface area contributed by atoms with Crippen LogP contribution in [-0.2, 0) is 4.74 Å². The lowest BCUT2D eigenvalue weighted by atomic mass is 9.98. The molecule has 0 spiro atoms. The second-order valence-corrected chi connectivity index (χ2v) is 4.32. The van der Waals surface area contributed by atoms with Gasteiger partial charge in [0.2, 0.25) is 0 Å². The van der Waals surface area contributed by atoms with E-state index in [2.05, 4.69) is 0 Å². The number of hydrogen-bond acceptors (Lipinski definition) is 5. The topological polar surface area (TPSA) is 105 Å². The SMILES string of the molecule is C[C@@]1(F)[C@H](O)[C@H](CO)O[C@H]1n1ccc(=O)[nH]c1=O. The molecule has 1 saturated heterocycles. The van der Waals surface area contributed by atoms with Crippen LogP contribution in [0.25, 0.3) is 0 Å². The van der Waals surface area contributed by atoms with Gasteiger partial charge in [-0.2, -0.15) is 0 Å². The van der Waals surface area contributed by atoms with Crippen molar-refractivity contribution in [2.45, 2.75) is 31.0 Å². The van der Waals surface area contributed by atoms with E-state index in [9.17, 15) is 19.1 Å². The molecule has 1 aliphatic rings. The number of aromatic nitrogens is 2. The highest BCUT2D eigenvalue weighted by Crippen LogP contribution is 2.40. The largest absolute Gasteiger partial charge is 0.394 e. The van der Waals surface area contributed by atoms with Gasteiger partial charge in [-0.25, -0.2) is 9.18 Å². The van der Waals surface area contributed by atoms with Crippen LogP contribution in [0.2, 0.25) is 0 Å². The summed E-state index contributed by atoms with van der Waals surface area (Å²) in [5, 5.41) is 18.6. The Hall–Kier alpha value is -1.51. The highest BCUT2D eigenvalue weighted by Gasteiger charge is 2.54. The molecule has 2 heterocycles. The Balaban J connectivity index is 2.45. The fourth-order valence-corrected chi connectivity index (χ4v) is 1.97. The van der Waals surface area contributed by atoms with Gasteiger partial charge in [-0.15, -0.1) is 0 Å². The van der Waals surface area contributed by atoms with Gasteiger partial charge in [-0.1, -0.05) is 0 Å². The molecule has 7 nitrogen and oxygen atoms in total. The van der Waals surface area contributed by atoms with Crippen LogP contribution in [0.3, 0.4) is 0 Å². The first-order valence-corrected chi connectivity index (χ1v) is 5.32. The van der Waals surface area contributed by atoms with E-state index in [4.69, 9.17) is 9.84 Å². The monoisotopic (exact) mass is 260 g/mol. The normalized spacial score (nSPS) is 35.9. The Morgan fingerprint density at radius 1 is 1.61 bits per heavy atom. The zero-order valence-electron chi connectivity index (χ0n) is 9.54. The van der Waals surface area contributed by atoms with Crippen molar-refractivity contribution in [3.63, 3.8) is 0 Å². The summed E-state index contributed by atoms with van der Waals surface area (Å²) in [6.45, 7) is 0.491. The minimum Gasteiger partial charge on any atom is -0.394 e. The standard InChI is InChI=1S/C10H13FN2O5/c1-10(11)7(16)5(4-14)18-8(10)13-3-2-6(15)12-9(13)17/h2-3,5,7-8,14,16H,4H2,1H3,(H,12,15,17)/t5-,7+,8+,10+/m0/s1. The van der Waals surface area contributed by atoms with Crippen molar-refractivity contribution in [1.82, 2.24) is 9.55 Å². The lowest BCUT2D eigenvalue weighted by Crippen LogP contribution is -2.43. The van der Waals surface area contributed by atoms with Crippen LogP contribution < -0.4 is 11.2 Å². The van der Waals surface area contributed by atoms with Crippen molar-refractivity contribution in [2.24, 2.45) is 0 Å². The number of ether oxygens (including phenoxy) is 1. The zero-order chi connectivity index (χ0) is 13.5. The van der Waals surface area contributed by atoms with Crippen molar-refractivity contribution in [3.05, 3.63) is 33.1 Å². The van der Waals surface area contributed by atoms with Crippen molar-refractivity contribution in [1.29, 1.82) is 0 Å². The highest BCUT2D eigenvalue weighted by atomic mass is 19.1. The number of alkyl halides is 1. The number of rotatable bonds is 2. The Kier molecular flexibility index (Phi) is 3.09. The third kappa shape index (κ3) is 1.88. The van der Waals surface area contributed by atoms with Crippen LogP contribution in [0.4, 0.5) is 4.39 Å². The molecule has 1 fully saturated rings. The number of aliphatic hydroxyl groups excluding tert-OH is 2. The summed E-state index contributed by atoms with van der Waals surface area (Å²) < 4.78 is 20.3. The van der Waals surface area contributed by atoms with Crippen LogP contribution >= 0.6 is 0 Å². The third-order valence-corrected chi connectivity index (χ3v) is 3.00. The number of aromatic amines is 1. The average Bonchev–Trinajstić information content (AvgIpc) is 2.52. The van der Waals surface area contributed by atoms with Crippen LogP contribution in [0.1, 0.15) is 13.2 Å². The molecule has 1 aromatic rings. The maximum absolute atomic E-state index is 14.3. The first kappa shape index (κ1) is 12.9. The van der Waals surface area contributed by atoms with Crippen LogP contribution in [0, 0.1) is 0 Å². The second-order valence-electron chi connectivity index (χ2n) is 4.32. The summed E-state index contributed by atoms with van der Waals surface area (Å²) in [4.78, 5) is 24.4. The number of nitrogens with one attached hydrogen (secondary N) is 1. The van der Waals surface area contributed by atoms with Gasteiger partial charge in [0.05, 0.1) is 6.61 Å². The van der Waals surface area contributed by atoms with E-state index >= 15 is 0 Å². The zero-order valence-corrected chi connectivity index (χ0v) is 9.54. The van der Waals surface area contributed by atoms with Gasteiger partial charge in [0.1, 0.15) is 12.2 Å². The molecule has 0 radical (unpaired) electrons. The van der Waals surface area contributed by atoms with Crippen molar-refractivity contribution in [2.75, 3.05) is 6.61 Å². The quantitative estimate of drug-likeness (QED) is 0.601. The average molecular weight is 260 g/mol. The maximum Gasteiger partial charge on any atom is 0.330 e. The summed E-state index contributed by atoms with van der Waals surface area (Å²) in [6.07, 6.45) is -3.01. The van der Waals surface area contributed by atoms with Crippen LogP contribution in [0.5, 0.6) is 0 Å². The first-order valence-electron chi connectivity index (χ1n) is 5.32. The number of hydrogen-bond donors (Lipinski definition) is 3. The summed E-state index contributed by atoms with van der Waals surface area (Å²) in [5.41, 5.74) is -3.72. The molecule has 4 atom stereocenters. The van der Waals surface area contributed by atoms with E-state index in [1.54, 1.807) is 0 Å². The summed E-state index contributed by atoms with van der Waals surface area (Å²) in [7, 11) is 0. The molecule has 18 heavy (non-hydrogen) atoms. The minimum atomic E-state index is -2.25. The lowest BCUT2D eigenvalue weighted by molar-refractivity contribution is -0.0611. The first-order chi connectivity index (χ1) is 8.37. The summed E-state index contributed by atoms with van der Waals surface area (Å²) in [6, 6.07) is 1.04. The van der Waals surface area contributed by atoms with Gasteiger partial charge in [0, 0.05) is 12.3 Å². The van der Waals surface area contributed by atoms with E-state index in [1.807, 2.05) is 4.98 Å². The van der Waals surface area contributed by atoms with E-state index in [-0.39, 0.29) is 0 Å². The maximum atomic E-state index is 14.3. The molecular formula is C10H13FN2O5. The van der Waals surface area contributed by atoms with Crippen LogP contribution in [-0.4, -0.2) is 44.2 Å². The van der Waals surface area contributed by atoms with Gasteiger partial charge >= 0.3 is 5.69 Å². The molecule has 100 valence electrons. The van der Waals surface area contributed by atoms with Gasteiger partial charge in [-0.05, 0) is 6.92 Å². The molecule has 0 saturated carbocycles. The molecule has 0 aromatic carbocycles. The van der Waals surface area contributed by atoms with E-state index < -0.39 is 42.0 Å². The lowest BCUT2D eigenvalue weighted by Gasteiger charge is -2.24. The molecule has 1 aromatic heterocycles. The Morgan fingerprint density at radius 3 is 2.78 bits per heavy atom. The number of halogens is 1. The predicted octanol–water partition coefficient (Wildman–Crippen LogP) is -1.48. The van der Waals surface area contributed by atoms with Gasteiger partial charge in [-0.3, -0.25) is 14.3 Å². The Morgan fingerprint density at radius 2 is 2.28 bits per heavy atom. The molecule has 0 bridgehead atoms. The third-order valence-electron chi connectivity index (χ3n) is 3.00. The number of nitrogens with zero attached hydrogens (tertiary/aromatic N) is 1. The van der Waals surface area contributed by atoms with Crippen molar-refractivity contribution in [3.8, 4) is 0 Å². The van der Waals surface area contributed by atoms with Gasteiger partial charge < -0.3 is 14.9 Å².